The summed E-state index contributed by atoms with van der Waals surface area (Å²) in [5.74, 6) is 1.62. The first kappa shape index (κ1) is 12.9. The van der Waals surface area contributed by atoms with Gasteiger partial charge in [0.1, 0.15) is 16.5 Å². The van der Waals surface area contributed by atoms with Crippen molar-refractivity contribution >= 4 is 11.3 Å². The number of benzene rings is 1. The second kappa shape index (κ2) is 5.37. The molecule has 0 radical (unpaired) electrons. The van der Waals surface area contributed by atoms with E-state index in [0.717, 1.165) is 33.3 Å². The molecule has 1 aromatic carbocycles. The number of aryl methyl sites for hydroxylation is 1. The molecular formula is C13H16N2O2S. The minimum absolute atomic E-state index is 0.454. The Morgan fingerprint density at radius 2 is 1.94 bits per heavy atom. The van der Waals surface area contributed by atoms with Gasteiger partial charge < -0.3 is 15.2 Å². The highest BCUT2D eigenvalue weighted by Gasteiger charge is 2.13. The summed E-state index contributed by atoms with van der Waals surface area (Å²) in [6.45, 7) is 2.44. The van der Waals surface area contributed by atoms with E-state index in [1.165, 1.54) is 0 Å². The van der Waals surface area contributed by atoms with Crippen molar-refractivity contribution < 1.29 is 9.47 Å². The molecule has 0 saturated carbocycles. The fourth-order valence-corrected chi connectivity index (χ4v) is 2.45. The summed E-state index contributed by atoms with van der Waals surface area (Å²) in [5.41, 5.74) is 8.42. The molecule has 0 spiro atoms. The average Bonchev–Trinajstić information content (AvgIpc) is 2.87. The largest absolute Gasteiger partial charge is 0.496 e. The van der Waals surface area contributed by atoms with Gasteiger partial charge in [-0.3, -0.25) is 0 Å². The summed E-state index contributed by atoms with van der Waals surface area (Å²) in [7, 11) is 3.31. The standard InChI is InChI=1S/C13H16N2O2S/c1-8-4-12(17-3)9(5-11(8)16-2)10-7-18-13(6-14)15-10/h4-5,7H,6,14H2,1-3H3. The van der Waals surface area contributed by atoms with Crippen LogP contribution in [0, 0.1) is 6.92 Å². The number of nitrogens with two attached hydrogens (primary N) is 1. The smallest absolute Gasteiger partial charge is 0.128 e. The van der Waals surface area contributed by atoms with E-state index in [2.05, 4.69) is 4.98 Å². The fourth-order valence-electron chi connectivity index (χ4n) is 1.78. The van der Waals surface area contributed by atoms with Crippen molar-refractivity contribution in [2.24, 2.45) is 5.73 Å². The molecule has 0 fully saturated rings. The van der Waals surface area contributed by atoms with Crippen LogP contribution in [0.3, 0.4) is 0 Å². The second-order valence-corrected chi connectivity index (χ2v) is 4.80. The summed E-state index contributed by atoms with van der Waals surface area (Å²) in [6.07, 6.45) is 0. The van der Waals surface area contributed by atoms with E-state index in [0.29, 0.717) is 6.54 Å². The molecule has 1 heterocycles. The van der Waals surface area contributed by atoms with E-state index in [9.17, 15) is 0 Å². The zero-order valence-electron chi connectivity index (χ0n) is 10.7. The lowest BCUT2D eigenvalue weighted by Gasteiger charge is -2.11. The van der Waals surface area contributed by atoms with Crippen LogP contribution in [0.4, 0.5) is 0 Å². The number of hydrogen-bond donors (Lipinski definition) is 1. The highest BCUT2D eigenvalue weighted by molar-refractivity contribution is 7.09. The van der Waals surface area contributed by atoms with Crippen LogP contribution in [0.5, 0.6) is 11.5 Å². The maximum Gasteiger partial charge on any atom is 0.128 e. The predicted octanol–water partition coefficient (Wildman–Crippen LogP) is 2.59. The molecule has 4 nitrogen and oxygen atoms in total. The summed E-state index contributed by atoms with van der Waals surface area (Å²) in [6, 6.07) is 3.90. The molecule has 0 aliphatic heterocycles. The third-order valence-electron chi connectivity index (χ3n) is 2.72. The van der Waals surface area contributed by atoms with Crippen molar-refractivity contribution in [3.8, 4) is 22.8 Å². The van der Waals surface area contributed by atoms with Crippen LogP contribution in [0.15, 0.2) is 17.5 Å². The van der Waals surface area contributed by atoms with Gasteiger partial charge in [-0.15, -0.1) is 11.3 Å². The Labute approximate surface area is 110 Å². The Hall–Kier alpha value is -1.59. The van der Waals surface area contributed by atoms with Crippen molar-refractivity contribution in [3.05, 3.63) is 28.1 Å². The molecule has 96 valence electrons. The monoisotopic (exact) mass is 264 g/mol. The van der Waals surface area contributed by atoms with E-state index in [-0.39, 0.29) is 0 Å². The first-order valence-corrected chi connectivity index (χ1v) is 6.45. The van der Waals surface area contributed by atoms with Gasteiger partial charge in [0.25, 0.3) is 0 Å². The Balaban J connectivity index is 2.54. The van der Waals surface area contributed by atoms with Gasteiger partial charge in [-0.25, -0.2) is 4.98 Å². The van der Waals surface area contributed by atoms with Crippen LogP contribution in [-0.2, 0) is 6.54 Å². The van der Waals surface area contributed by atoms with Gasteiger partial charge in [0.05, 0.1) is 19.9 Å². The summed E-state index contributed by atoms with van der Waals surface area (Å²) >= 11 is 1.55. The summed E-state index contributed by atoms with van der Waals surface area (Å²) < 4.78 is 10.7. The number of thiazole rings is 1. The van der Waals surface area contributed by atoms with Gasteiger partial charge >= 0.3 is 0 Å². The zero-order valence-corrected chi connectivity index (χ0v) is 11.5. The lowest BCUT2D eigenvalue weighted by Crippen LogP contribution is -1.96. The van der Waals surface area contributed by atoms with Crippen molar-refractivity contribution in [2.45, 2.75) is 13.5 Å². The first-order valence-electron chi connectivity index (χ1n) is 5.57. The molecular weight excluding hydrogens is 248 g/mol. The molecule has 0 amide bonds. The maximum absolute atomic E-state index is 5.58. The first-order chi connectivity index (χ1) is 8.69. The molecule has 1 aromatic heterocycles. The Morgan fingerprint density at radius 3 is 2.50 bits per heavy atom. The van der Waals surface area contributed by atoms with Gasteiger partial charge in [0.15, 0.2) is 0 Å². The van der Waals surface area contributed by atoms with Gasteiger partial charge in [-0.2, -0.15) is 0 Å². The second-order valence-electron chi connectivity index (χ2n) is 3.85. The van der Waals surface area contributed by atoms with Crippen molar-refractivity contribution in [1.29, 1.82) is 0 Å². The van der Waals surface area contributed by atoms with Gasteiger partial charge in [-0.1, -0.05) is 0 Å². The molecule has 0 atom stereocenters. The number of hydrogen-bond acceptors (Lipinski definition) is 5. The normalized spacial score (nSPS) is 10.4. The minimum atomic E-state index is 0.454. The topological polar surface area (TPSA) is 57.4 Å². The molecule has 2 N–H and O–H groups in total. The van der Waals surface area contributed by atoms with Gasteiger partial charge in [0, 0.05) is 17.5 Å². The molecule has 0 unspecified atom stereocenters. The third kappa shape index (κ3) is 2.32. The molecule has 0 aliphatic carbocycles. The average molecular weight is 264 g/mol. The maximum atomic E-state index is 5.58. The van der Waals surface area contributed by atoms with Crippen molar-refractivity contribution in [2.75, 3.05) is 14.2 Å². The number of rotatable bonds is 4. The van der Waals surface area contributed by atoms with E-state index in [4.69, 9.17) is 15.2 Å². The van der Waals surface area contributed by atoms with E-state index in [1.54, 1.807) is 25.6 Å². The quantitative estimate of drug-likeness (QED) is 0.922. The Morgan fingerprint density at radius 1 is 1.22 bits per heavy atom. The lowest BCUT2D eigenvalue weighted by molar-refractivity contribution is 0.401. The van der Waals surface area contributed by atoms with Crippen LogP contribution in [0.25, 0.3) is 11.3 Å². The minimum Gasteiger partial charge on any atom is -0.496 e. The Kier molecular flexibility index (Phi) is 3.84. The molecule has 0 bridgehead atoms. The molecule has 0 aliphatic rings. The molecule has 2 rings (SSSR count). The third-order valence-corrected chi connectivity index (χ3v) is 3.59. The van der Waals surface area contributed by atoms with Gasteiger partial charge in [0.2, 0.25) is 0 Å². The van der Waals surface area contributed by atoms with Crippen LogP contribution in [0.1, 0.15) is 10.6 Å². The molecule has 0 saturated heterocycles. The fraction of sp³-hybridized carbons (Fsp3) is 0.308. The number of aromatic nitrogens is 1. The van der Waals surface area contributed by atoms with Crippen LogP contribution in [0.2, 0.25) is 0 Å². The zero-order chi connectivity index (χ0) is 13.1. The molecule has 5 heteroatoms. The number of nitrogens with zero attached hydrogens (tertiary/aromatic N) is 1. The van der Waals surface area contributed by atoms with Crippen LogP contribution >= 0.6 is 11.3 Å². The van der Waals surface area contributed by atoms with E-state index in [1.807, 2.05) is 24.4 Å². The molecule has 18 heavy (non-hydrogen) atoms. The Bertz CT molecular complexity index is 552. The highest BCUT2D eigenvalue weighted by atomic mass is 32.1. The highest BCUT2D eigenvalue weighted by Crippen LogP contribution is 2.36. The lowest BCUT2D eigenvalue weighted by atomic mass is 10.1. The predicted molar refractivity (Wildman–Crippen MR) is 73.3 cm³/mol. The van der Waals surface area contributed by atoms with Gasteiger partial charge in [-0.05, 0) is 24.6 Å². The SMILES string of the molecule is COc1cc(-c2csc(CN)n2)c(OC)cc1C. The number of ether oxygens (including phenoxy) is 2. The van der Waals surface area contributed by atoms with Crippen molar-refractivity contribution in [1.82, 2.24) is 4.98 Å². The van der Waals surface area contributed by atoms with E-state index >= 15 is 0 Å². The van der Waals surface area contributed by atoms with Crippen molar-refractivity contribution in [3.63, 3.8) is 0 Å². The molecule has 2 aromatic rings. The summed E-state index contributed by atoms with van der Waals surface area (Å²) in [5, 5.41) is 2.89. The number of methoxy groups -OCH3 is 2. The van der Waals surface area contributed by atoms with Crippen LogP contribution in [-0.4, -0.2) is 19.2 Å². The van der Waals surface area contributed by atoms with Crippen LogP contribution < -0.4 is 15.2 Å². The van der Waals surface area contributed by atoms with E-state index < -0.39 is 0 Å². The summed E-state index contributed by atoms with van der Waals surface area (Å²) in [4.78, 5) is 4.47.